The summed E-state index contributed by atoms with van der Waals surface area (Å²) in [6, 6.07) is 0. The van der Waals surface area contributed by atoms with Gasteiger partial charge in [0.1, 0.15) is 12.9 Å². The van der Waals surface area contributed by atoms with Gasteiger partial charge in [0.25, 0.3) is 0 Å². The molecule has 76 valence electrons. The van der Waals surface area contributed by atoms with Crippen molar-refractivity contribution in [2.24, 2.45) is 4.99 Å². The van der Waals surface area contributed by atoms with E-state index >= 15 is 0 Å². The van der Waals surface area contributed by atoms with Crippen molar-refractivity contribution < 1.29 is 9.47 Å². The Kier molecular flexibility index (Phi) is 5.30. The molecule has 0 aliphatic rings. The molecule has 1 N–H and O–H groups in total. The molecule has 0 radical (unpaired) electrons. The summed E-state index contributed by atoms with van der Waals surface area (Å²) in [5, 5.41) is 6.69. The second-order valence-electron chi connectivity index (χ2n) is 3.59. The van der Waals surface area contributed by atoms with Gasteiger partial charge in [0.05, 0.1) is 12.2 Å². The van der Waals surface area contributed by atoms with Crippen LogP contribution in [0.3, 0.4) is 0 Å². The highest BCUT2D eigenvalue weighted by Gasteiger charge is 2.08. The summed E-state index contributed by atoms with van der Waals surface area (Å²) in [4.78, 5) is 3.64. The van der Waals surface area contributed by atoms with E-state index in [0.717, 1.165) is 6.34 Å². The molecule has 0 spiro atoms. The molecule has 0 heterocycles. The van der Waals surface area contributed by atoms with Crippen LogP contribution in [0.15, 0.2) is 4.99 Å². The fourth-order valence-electron chi connectivity index (χ4n) is 0.665. The second kappa shape index (κ2) is 5.70. The number of ether oxygens (including phenoxy) is 2. The van der Waals surface area contributed by atoms with Crippen molar-refractivity contribution in [2.75, 3.05) is 13.2 Å². The van der Waals surface area contributed by atoms with Crippen LogP contribution in [0.4, 0.5) is 0 Å². The molecule has 0 atom stereocenters. The third-order valence-corrected chi connectivity index (χ3v) is 1.18. The van der Waals surface area contributed by atoms with Crippen LogP contribution >= 0.6 is 0 Å². The van der Waals surface area contributed by atoms with Gasteiger partial charge in [-0.1, -0.05) is 0 Å². The Morgan fingerprint density at radius 2 is 2.00 bits per heavy atom. The van der Waals surface area contributed by atoms with Crippen LogP contribution in [0.2, 0.25) is 0 Å². The summed E-state index contributed by atoms with van der Waals surface area (Å²) in [6.07, 6.45) is 0.958. The van der Waals surface area contributed by atoms with Crippen LogP contribution in [0.25, 0.3) is 0 Å². The maximum absolute atomic E-state index is 6.69. The maximum Gasteiger partial charge on any atom is 0.186 e. The van der Waals surface area contributed by atoms with Crippen LogP contribution in [-0.2, 0) is 9.47 Å². The van der Waals surface area contributed by atoms with Gasteiger partial charge in [-0.05, 0) is 20.8 Å². The smallest absolute Gasteiger partial charge is 0.186 e. The first-order valence-corrected chi connectivity index (χ1v) is 4.26. The summed E-state index contributed by atoms with van der Waals surface area (Å²) in [5.74, 6) is 0.493. The normalized spacial score (nSPS) is 12.8. The van der Waals surface area contributed by atoms with E-state index < -0.39 is 0 Å². The van der Waals surface area contributed by atoms with Crippen molar-refractivity contribution in [3.8, 4) is 0 Å². The quantitative estimate of drug-likeness (QED) is 0.414. The summed E-state index contributed by atoms with van der Waals surface area (Å²) >= 11 is 0. The van der Waals surface area contributed by atoms with Crippen LogP contribution in [-0.4, -0.2) is 31.1 Å². The molecule has 0 aliphatic carbocycles. The van der Waals surface area contributed by atoms with Crippen LogP contribution in [0.5, 0.6) is 0 Å². The maximum atomic E-state index is 6.69. The third kappa shape index (κ3) is 9.01. The highest BCUT2D eigenvalue weighted by Crippen LogP contribution is 2.05. The molecule has 0 bridgehead atoms. The van der Waals surface area contributed by atoms with Gasteiger partial charge in [-0.25, -0.2) is 4.99 Å². The molecule has 0 rings (SSSR count). The van der Waals surface area contributed by atoms with E-state index in [1.807, 2.05) is 20.8 Å². The molecule has 4 nitrogen and oxygen atoms in total. The molecular weight excluding hydrogens is 168 g/mol. The van der Waals surface area contributed by atoms with E-state index in [0.29, 0.717) is 19.1 Å². The third-order valence-electron chi connectivity index (χ3n) is 1.18. The van der Waals surface area contributed by atoms with Crippen molar-refractivity contribution in [2.45, 2.75) is 33.3 Å². The Labute approximate surface area is 79.5 Å². The minimum atomic E-state index is -0.129. The van der Waals surface area contributed by atoms with E-state index in [2.05, 4.69) is 4.99 Å². The first kappa shape index (κ1) is 12.1. The molecule has 0 aromatic rings. The van der Waals surface area contributed by atoms with Gasteiger partial charge >= 0.3 is 0 Å². The molecular formula is C9H18N2O2. The lowest BCUT2D eigenvalue weighted by molar-refractivity contribution is -0.0179. The number of hydrogen-bond donors (Lipinski definition) is 1. The van der Waals surface area contributed by atoms with Gasteiger partial charge in [0.2, 0.25) is 0 Å². The average molecular weight is 186 g/mol. The van der Waals surface area contributed by atoms with Crippen molar-refractivity contribution in [3.05, 3.63) is 0 Å². The van der Waals surface area contributed by atoms with Crippen molar-refractivity contribution in [1.82, 2.24) is 0 Å². The summed E-state index contributed by atoms with van der Waals surface area (Å²) in [6.45, 7) is 8.69. The minimum Gasteiger partial charge on any atom is -0.478 e. The van der Waals surface area contributed by atoms with Gasteiger partial charge < -0.3 is 9.47 Å². The Morgan fingerprint density at radius 1 is 1.38 bits per heavy atom. The number of aliphatic imine (C=N–C) groups is 1. The number of rotatable bonds is 4. The van der Waals surface area contributed by atoms with Gasteiger partial charge in [-0.3, -0.25) is 5.41 Å². The molecule has 4 heteroatoms. The van der Waals surface area contributed by atoms with Gasteiger partial charge in [0, 0.05) is 6.92 Å². The lowest BCUT2D eigenvalue weighted by Crippen LogP contribution is -2.22. The molecule has 0 aromatic heterocycles. The van der Waals surface area contributed by atoms with Crippen molar-refractivity contribution in [3.63, 3.8) is 0 Å². The number of nitrogens with zero attached hydrogens (tertiary/aromatic N) is 1. The summed E-state index contributed by atoms with van der Waals surface area (Å²) in [7, 11) is 0. The zero-order valence-electron chi connectivity index (χ0n) is 8.76. The van der Waals surface area contributed by atoms with E-state index in [1.165, 1.54) is 0 Å². The first-order chi connectivity index (χ1) is 5.95. The van der Waals surface area contributed by atoms with Gasteiger partial charge in [0.15, 0.2) is 5.90 Å². The highest BCUT2D eigenvalue weighted by atomic mass is 16.5. The van der Waals surface area contributed by atoms with Crippen LogP contribution in [0, 0.1) is 5.41 Å². The zero-order valence-corrected chi connectivity index (χ0v) is 8.76. The molecule has 0 saturated heterocycles. The fourth-order valence-corrected chi connectivity index (χ4v) is 0.665. The lowest BCUT2D eigenvalue weighted by atomic mass is 10.2. The summed E-state index contributed by atoms with van der Waals surface area (Å²) in [5.41, 5.74) is -0.129. The lowest BCUT2D eigenvalue weighted by Gasteiger charge is -2.19. The second-order valence-corrected chi connectivity index (χ2v) is 3.59. The Hall–Kier alpha value is -0.900. The topological polar surface area (TPSA) is 54.7 Å². The molecule has 0 saturated carbocycles. The van der Waals surface area contributed by atoms with Crippen LogP contribution < -0.4 is 0 Å². The SMILES string of the molecule is CC(=NC=N)OCCOC(C)(C)C. The first-order valence-electron chi connectivity index (χ1n) is 4.26. The molecule has 0 aliphatic heterocycles. The standard InChI is InChI=1S/C9H18N2O2/c1-8(11-7-10)12-5-6-13-9(2,3)4/h7,10H,5-6H2,1-4H3. The monoisotopic (exact) mass is 186 g/mol. The van der Waals surface area contributed by atoms with Gasteiger partial charge in [-0.2, -0.15) is 0 Å². The molecule has 0 fully saturated rings. The Bertz CT molecular complexity index is 183. The molecule has 0 amide bonds. The minimum absolute atomic E-state index is 0.129. The van der Waals surface area contributed by atoms with Gasteiger partial charge in [-0.15, -0.1) is 0 Å². The predicted molar refractivity (Wildman–Crippen MR) is 53.5 cm³/mol. The Balaban J connectivity index is 3.47. The van der Waals surface area contributed by atoms with E-state index in [-0.39, 0.29) is 5.60 Å². The fraction of sp³-hybridized carbons (Fsp3) is 0.778. The Morgan fingerprint density at radius 3 is 2.46 bits per heavy atom. The van der Waals surface area contributed by atoms with Crippen molar-refractivity contribution >= 4 is 12.2 Å². The van der Waals surface area contributed by atoms with E-state index in [1.54, 1.807) is 6.92 Å². The molecule has 0 aromatic carbocycles. The van der Waals surface area contributed by atoms with Crippen LogP contribution in [0.1, 0.15) is 27.7 Å². The largest absolute Gasteiger partial charge is 0.478 e. The predicted octanol–water partition coefficient (Wildman–Crippen LogP) is 1.84. The number of hydrogen-bond acceptors (Lipinski definition) is 3. The zero-order chi connectivity index (χ0) is 10.3. The number of nitrogens with one attached hydrogen (secondary N) is 1. The van der Waals surface area contributed by atoms with Crippen molar-refractivity contribution in [1.29, 1.82) is 5.41 Å². The molecule has 0 unspecified atom stereocenters. The average Bonchev–Trinajstić information content (AvgIpc) is 1.97. The highest BCUT2D eigenvalue weighted by molar-refractivity contribution is 5.81. The molecule has 13 heavy (non-hydrogen) atoms. The van der Waals surface area contributed by atoms with E-state index in [9.17, 15) is 0 Å². The summed E-state index contributed by atoms with van der Waals surface area (Å²) < 4.78 is 10.6. The van der Waals surface area contributed by atoms with E-state index in [4.69, 9.17) is 14.9 Å².